The Kier molecular flexibility index (Phi) is 7.33. The second-order valence-electron chi connectivity index (χ2n) is 7.59. The first-order valence-corrected chi connectivity index (χ1v) is 11.8. The first-order valence-electron chi connectivity index (χ1n) is 10.5. The number of rotatable bonds is 8. The van der Waals surface area contributed by atoms with Crippen LogP contribution in [-0.2, 0) is 16.0 Å². The van der Waals surface area contributed by atoms with E-state index in [1.54, 1.807) is 12.1 Å². The van der Waals surface area contributed by atoms with Crippen molar-refractivity contribution in [2.45, 2.75) is 6.42 Å². The second kappa shape index (κ2) is 10.6. The van der Waals surface area contributed by atoms with E-state index in [1.807, 2.05) is 30.3 Å². The van der Waals surface area contributed by atoms with E-state index in [-0.39, 0.29) is 28.1 Å². The molecular formula is C25H20N2O6S2. The Balaban J connectivity index is 1.39. The van der Waals surface area contributed by atoms with Crippen molar-refractivity contribution in [1.82, 2.24) is 10.2 Å². The van der Waals surface area contributed by atoms with Crippen LogP contribution in [0.1, 0.15) is 21.7 Å². The molecule has 1 aliphatic rings. The number of thiocarbonyl (C=S) groups is 1. The van der Waals surface area contributed by atoms with E-state index in [2.05, 4.69) is 5.32 Å². The van der Waals surface area contributed by atoms with E-state index in [0.29, 0.717) is 35.0 Å². The van der Waals surface area contributed by atoms with Crippen molar-refractivity contribution in [2.24, 2.45) is 0 Å². The fourth-order valence-electron chi connectivity index (χ4n) is 3.40. The molecule has 1 fully saturated rings. The molecule has 1 saturated heterocycles. The zero-order valence-corrected chi connectivity index (χ0v) is 19.9. The van der Waals surface area contributed by atoms with Gasteiger partial charge in [-0.2, -0.15) is 0 Å². The van der Waals surface area contributed by atoms with Gasteiger partial charge >= 0.3 is 5.97 Å². The highest BCUT2D eigenvalue weighted by Gasteiger charge is 2.33. The summed E-state index contributed by atoms with van der Waals surface area (Å²) >= 11 is 6.36. The maximum absolute atomic E-state index is 12.8. The van der Waals surface area contributed by atoms with Crippen LogP contribution in [0.5, 0.6) is 5.75 Å². The number of nitrogens with zero attached hydrogens (tertiary/aromatic N) is 1. The smallest absolute Gasteiger partial charge is 0.339 e. The minimum absolute atomic E-state index is 0.175. The number of carboxylic acids is 1. The molecule has 0 aliphatic carbocycles. The van der Waals surface area contributed by atoms with E-state index >= 15 is 0 Å². The monoisotopic (exact) mass is 508 g/mol. The van der Waals surface area contributed by atoms with Gasteiger partial charge in [-0.1, -0.05) is 54.3 Å². The second-order valence-corrected chi connectivity index (χ2v) is 9.27. The number of carbonyl (C=O) groups is 3. The molecule has 3 N–H and O–H groups in total. The quantitative estimate of drug-likeness (QED) is 0.309. The predicted molar refractivity (Wildman–Crippen MR) is 136 cm³/mol. The molecule has 35 heavy (non-hydrogen) atoms. The Labute approximate surface area is 210 Å². The molecule has 10 heteroatoms. The highest BCUT2D eigenvalue weighted by atomic mass is 32.2. The normalized spacial score (nSPS) is 14.5. The average molecular weight is 509 g/mol. The predicted octanol–water partition coefficient (Wildman–Crippen LogP) is 3.91. The summed E-state index contributed by atoms with van der Waals surface area (Å²) < 4.78 is 6.02. The molecule has 0 unspecified atom stereocenters. The van der Waals surface area contributed by atoms with Crippen LogP contribution in [0.15, 0.2) is 70.0 Å². The number of thioether (sulfide) groups is 1. The maximum Gasteiger partial charge on any atom is 0.339 e. The molecule has 0 bridgehead atoms. The minimum atomic E-state index is -1.26. The number of amides is 2. The first-order chi connectivity index (χ1) is 16.8. The van der Waals surface area contributed by atoms with Crippen molar-refractivity contribution >= 4 is 52.2 Å². The largest absolute Gasteiger partial charge is 0.507 e. The third-order valence-electron chi connectivity index (χ3n) is 5.17. The number of benzene rings is 2. The summed E-state index contributed by atoms with van der Waals surface area (Å²) in [5.41, 5.74) is 1.31. The lowest BCUT2D eigenvalue weighted by molar-refractivity contribution is -0.128. The van der Waals surface area contributed by atoms with E-state index < -0.39 is 11.9 Å². The number of hydrogen-bond acceptors (Lipinski definition) is 7. The molecule has 4 rings (SSSR count). The molecular weight excluding hydrogens is 488 g/mol. The molecule has 0 atom stereocenters. The highest BCUT2D eigenvalue weighted by molar-refractivity contribution is 8.26. The molecule has 0 saturated carbocycles. The van der Waals surface area contributed by atoms with Crippen LogP contribution >= 0.6 is 24.0 Å². The van der Waals surface area contributed by atoms with Crippen LogP contribution in [0.3, 0.4) is 0 Å². The molecule has 0 spiro atoms. The van der Waals surface area contributed by atoms with Crippen molar-refractivity contribution in [3.8, 4) is 17.1 Å². The van der Waals surface area contributed by atoms with Crippen LogP contribution < -0.4 is 5.32 Å². The SMILES string of the molecule is O=C(CN1C(=O)/C(=C\c2ccc(-c3ccc(O)c(C(=O)O)c3)o2)SC1=S)NCCc1ccccc1. The molecule has 178 valence electrons. The molecule has 2 heterocycles. The van der Waals surface area contributed by atoms with Gasteiger partial charge < -0.3 is 19.9 Å². The van der Waals surface area contributed by atoms with Gasteiger partial charge in [0.2, 0.25) is 5.91 Å². The fraction of sp³-hybridized carbons (Fsp3) is 0.120. The Morgan fingerprint density at radius 3 is 2.63 bits per heavy atom. The molecule has 2 aromatic carbocycles. The topological polar surface area (TPSA) is 120 Å². The highest BCUT2D eigenvalue weighted by Crippen LogP contribution is 2.34. The summed E-state index contributed by atoms with van der Waals surface area (Å²) in [5, 5.41) is 21.7. The number of aromatic carboxylic acids is 1. The number of phenols is 1. The Hall–Kier alpha value is -3.89. The number of carbonyl (C=O) groups excluding carboxylic acids is 2. The summed E-state index contributed by atoms with van der Waals surface area (Å²) in [6.07, 6.45) is 2.20. The average Bonchev–Trinajstić information content (AvgIpc) is 3.40. The van der Waals surface area contributed by atoms with Gasteiger partial charge in [0.1, 0.15) is 33.7 Å². The molecule has 0 radical (unpaired) electrons. The molecule has 2 amide bonds. The molecule has 1 aliphatic heterocycles. The summed E-state index contributed by atoms with van der Waals surface area (Å²) in [4.78, 5) is 38.0. The van der Waals surface area contributed by atoms with Crippen molar-refractivity contribution in [2.75, 3.05) is 13.1 Å². The first kappa shape index (κ1) is 24.2. The fourth-order valence-corrected chi connectivity index (χ4v) is 4.64. The van der Waals surface area contributed by atoms with E-state index in [9.17, 15) is 24.6 Å². The van der Waals surface area contributed by atoms with Gasteiger partial charge in [-0.25, -0.2) is 4.79 Å². The number of hydrogen-bond donors (Lipinski definition) is 3. The van der Waals surface area contributed by atoms with Crippen LogP contribution in [0.2, 0.25) is 0 Å². The van der Waals surface area contributed by atoms with Gasteiger partial charge in [-0.05, 0) is 42.3 Å². The number of aromatic hydroxyl groups is 1. The van der Waals surface area contributed by atoms with E-state index in [4.69, 9.17) is 16.6 Å². The van der Waals surface area contributed by atoms with Crippen LogP contribution in [0.25, 0.3) is 17.4 Å². The zero-order valence-electron chi connectivity index (χ0n) is 18.3. The van der Waals surface area contributed by atoms with Gasteiger partial charge in [0.05, 0.1) is 4.91 Å². The van der Waals surface area contributed by atoms with Gasteiger partial charge in [-0.3, -0.25) is 14.5 Å². The summed E-state index contributed by atoms with van der Waals surface area (Å²) in [6.45, 7) is 0.273. The number of nitrogens with one attached hydrogen (secondary N) is 1. The number of carboxylic acid groups (broad SMARTS) is 1. The standard InChI is InChI=1S/C25H20N2O6S2/c28-19-8-6-16(12-18(19)24(31)32)20-9-7-17(33-20)13-21-23(30)27(25(34)35-21)14-22(29)26-11-10-15-4-2-1-3-5-15/h1-9,12-13,28H,10-11,14H2,(H,26,29)(H,31,32)/b21-13+. The Morgan fingerprint density at radius 1 is 1.11 bits per heavy atom. The van der Waals surface area contributed by atoms with Crippen molar-refractivity contribution < 1.29 is 29.0 Å². The summed E-state index contributed by atoms with van der Waals surface area (Å²) in [7, 11) is 0. The lowest BCUT2D eigenvalue weighted by Gasteiger charge is -2.14. The molecule has 3 aromatic rings. The zero-order chi connectivity index (χ0) is 24.9. The summed E-state index contributed by atoms with van der Waals surface area (Å²) in [5.74, 6) is -1.58. The lowest BCUT2D eigenvalue weighted by Crippen LogP contribution is -2.40. The van der Waals surface area contributed by atoms with Gasteiger partial charge in [0.15, 0.2) is 0 Å². The van der Waals surface area contributed by atoms with Crippen molar-refractivity contribution in [3.63, 3.8) is 0 Å². The van der Waals surface area contributed by atoms with Gasteiger partial charge in [-0.15, -0.1) is 0 Å². The molecule has 8 nitrogen and oxygen atoms in total. The van der Waals surface area contributed by atoms with Gasteiger partial charge in [0.25, 0.3) is 5.91 Å². The summed E-state index contributed by atoms with van der Waals surface area (Å²) in [6, 6.07) is 17.1. The Bertz CT molecular complexity index is 1330. The van der Waals surface area contributed by atoms with Gasteiger partial charge in [0, 0.05) is 18.2 Å². The lowest BCUT2D eigenvalue weighted by atomic mass is 10.1. The van der Waals surface area contributed by atoms with Crippen LogP contribution in [0.4, 0.5) is 0 Å². The van der Waals surface area contributed by atoms with E-state index in [1.165, 1.54) is 29.2 Å². The number of furan rings is 1. The van der Waals surface area contributed by atoms with Crippen LogP contribution in [0, 0.1) is 0 Å². The van der Waals surface area contributed by atoms with Crippen LogP contribution in [-0.4, -0.2) is 50.3 Å². The maximum atomic E-state index is 12.8. The third-order valence-corrected chi connectivity index (χ3v) is 6.54. The minimum Gasteiger partial charge on any atom is -0.507 e. The third kappa shape index (κ3) is 5.79. The molecule has 1 aromatic heterocycles. The Morgan fingerprint density at radius 2 is 1.89 bits per heavy atom. The van der Waals surface area contributed by atoms with Crippen molar-refractivity contribution in [1.29, 1.82) is 0 Å². The van der Waals surface area contributed by atoms with Crippen molar-refractivity contribution in [3.05, 3.63) is 82.5 Å². The van der Waals surface area contributed by atoms with E-state index in [0.717, 1.165) is 17.3 Å².